The molecule has 228 valence electrons. The van der Waals surface area contributed by atoms with E-state index < -0.39 is 62.8 Å². The van der Waals surface area contributed by atoms with Crippen molar-refractivity contribution in [3.05, 3.63) is 39.7 Å². The van der Waals surface area contributed by atoms with Crippen LogP contribution in [0.4, 0.5) is 10.5 Å². The zero-order valence-electron chi connectivity index (χ0n) is 25.0. The number of hydrogen-bond donors (Lipinski definition) is 5. The smallest absolute Gasteiger partial charge is 0.407 e. The molecule has 0 radical (unpaired) electrons. The Bertz CT molecular complexity index is 1460. The van der Waals surface area contributed by atoms with Gasteiger partial charge in [0.15, 0.2) is 11.6 Å². The SMILES string of the molecule is COCCOC(=O)NCc1cc(N(C)C)c2c(c1O)C(O)=C1C(=O)[C@]3(C)C(O)=C(C(N)=O)C(=O)[C@@H](C)[C@]3(C)C[C@]1(C)C2. The molecule has 0 spiro atoms. The molecule has 1 aromatic carbocycles. The highest BCUT2D eigenvalue weighted by molar-refractivity contribution is 6.23. The van der Waals surface area contributed by atoms with Crippen molar-refractivity contribution < 1.29 is 44.0 Å². The first-order valence-electron chi connectivity index (χ1n) is 13.7. The lowest BCUT2D eigenvalue weighted by Gasteiger charge is -2.60. The summed E-state index contributed by atoms with van der Waals surface area (Å²) >= 11 is 0. The first-order valence-corrected chi connectivity index (χ1v) is 13.7. The molecule has 4 atom stereocenters. The summed E-state index contributed by atoms with van der Waals surface area (Å²) in [7, 11) is 5.06. The van der Waals surface area contributed by atoms with Gasteiger partial charge in [-0.05, 0) is 36.8 Å². The van der Waals surface area contributed by atoms with E-state index in [9.17, 15) is 34.5 Å². The molecule has 0 aromatic heterocycles. The topological polar surface area (TPSA) is 189 Å². The summed E-state index contributed by atoms with van der Waals surface area (Å²) in [6.07, 6.45) is -0.302. The Morgan fingerprint density at radius 2 is 1.79 bits per heavy atom. The standard InChI is InChI=1S/C30H39N3O9/c1-14-21(34)19(26(31)39)24(37)30(4)25(38)20-23(36)18-16(11-28(20,2)13-29(14,30)3)17(33(5)6)10-15(22(18)35)12-32-27(40)42-9-8-41-7/h10,14,35-37H,8-9,11-13H2,1-7H3,(H2,31,39)(H,32,40)/t14-,28+,29+,30+/m1/s1. The van der Waals surface area contributed by atoms with Crippen LogP contribution in [0.25, 0.3) is 5.76 Å². The maximum Gasteiger partial charge on any atom is 0.407 e. The first kappa shape index (κ1) is 30.9. The molecule has 3 aliphatic rings. The number of primary amides is 1. The largest absolute Gasteiger partial charge is 0.510 e. The quantitative estimate of drug-likeness (QED) is 0.235. The van der Waals surface area contributed by atoms with Crippen molar-refractivity contribution in [2.75, 3.05) is 39.3 Å². The number of phenols is 1. The number of carbonyl (C=O) groups is 4. The monoisotopic (exact) mass is 585 g/mol. The summed E-state index contributed by atoms with van der Waals surface area (Å²) < 4.78 is 9.88. The van der Waals surface area contributed by atoms with Crippen molar-refractivity contribution in [1.82, 2.24) is 5.32 Å². The first-order chi connectivity index (χ1) is 19.5. The number of ketones is 2. The second-order valence-corrected chi connectivity index (χ2v) is 12.3. The highest BCUT2D eigenvalue weighted by atomic mass is 16.6. The maximum atomic E-state index is 14.5. The number of carbonyl (C=O) groups excluding carboxylic acids is 4. The van der Waals surface area contributed by atoms with Crippen LogP contribution in [0.3, 0.4) is 0 Å². The second kappa shape index (κ2) is 10.3. The summed E-state index contributed by atoms with van der Waals surface area (Å²) in [5, 5.41) is 37.0. The fourth-order valence-electron chi connectivity index (χ4n) is 7.15. The lowest BCUT2D eigenvalue weighted by atomic mass is 9.41. The van der Waals surface area contributed by atoms with Gasteiger partial charge in [-0.3, -0.25) is 14.4 Å². The van der Waals surface area contributed by atoms with Crippen molar-refractivity contribution in [2.45, 2.75) is 47.1 Å². The molecule has 1 fully saturated rings. The number of nitrogens with two attached hydrogens (primary N) is 1. The van der Waals surface area contributed by atoms with Crippen molar-refractivity contribution in [3.63, 3.8) is 0 Å². The van der Waals surface area contributed by atoms with Gasteiger partial charge in [0.1, 0.15) is 29.4 Å². The molecule has 0 saturated heterocycles. The second-order valence-electron chi connectivity index (χ2n) is 12.3. The number of nitrogens with one attached hydrogen (secondary N) is 1. The number of anilines is 1. The van der Waals surface area contributed by atoms with Crippen molar-refractivity contribution >= 4 is 35.0 Å². The van der Waals surface area contributed by atoms with E-state index in [1.807, 2.05) is 6.92 Å². The third-order valence-corrected chi connectivity index (χ3v) is 9.67. The number of phenolic OH excluding ortho intramolecular Hbond substituents is 1. The Kier molecular flexibility index (Phi) is 7.60. The molecule has 0 unspecified atom stereocenters. The van der Waals surface area contributed by atoms with Crippen LogP contribution in [0.1, 0.15) is 50.8 Å². The van der Waals surface area contributed by atoms with Gasteiger partial charge in [0.2, 0.25) is 0 Å². The number of methoxy groups -OCH3 is 1. The van der Waals surface area contributed by atoms with E-state index in [2.05, 4.69) is 5.32 Å². The Morgan fingerprint density at radius 1 is 1.14 bits per heavy atom. The Hall–Kier alpha value is -4.06. The number of ether oxygens (including phenoxy) is 2. The molecule has 1 saturated carbocycles. The Balaban J connectivity index is 1.90. The molecule has 1 aromatic rings. The minimum atomic E-state index is -1.75. The van der Waals surface area contributed by atoms with Crippen molar-refractivity contribution in [3.8, 4) is 5.75 Å². The number of aliphatic hydroxyl groups is 2. The van der Waals surface area contributed by atoms with E-state index >= 15 is 0 Å². The Labute approximate surface area is 244 Å². The van der Waals surface area contributed by atoms with Crippen LogP contribution < -0.4 is 16.0 Å². The van der Waals surface area contributed by atoms with Crippen LogP contribution in [-0.4, -0.2) is 73.3 Å². The number of aromatic hydroxyl groups is 1. The van der Waals surface area contributed by atoms with Gasteiger partial charge in [0, 0.05) is 55.9 Å². The molecule has 12 nitrogen and oxygen atoms in total. The van der Waals surface area contributed by atoms with Crippen LogP contribution >= 0.6 is 0 Å². The van der Waals surface area contributed by atoms with Crippen LogP contribution in [-0.2, 0) is 36.8 Å². The predicted molar refractivity (Wildman–Crippen MR) is 153 cm³/mol. The third-order valence-electron chi connectivity index (χ3n) is 9.67. The van der Waals surface area contributed by atoms with Crippen molar-refractivity contribution in [2.24, 2.45) is 27.9 Å². The molecular weight excluding hydrogens is 546 g/mol. The van der Waals surface area contributed by atoms with Crippen LogP contribution in [0.5, 0.6) is 5.75 Å². The molecule has 4 rings (SSSR count). The number of nitrogens with zero attached hydrogens (tertiary/aromatic N) is 1. The number of fused-ring (bicyclic) bond motifs is 3. The summed E-state index contributed by atoms with van der Waals surface area (Å²) in [6.45, 7) is 6.75. The van der Waals surface area contributed by atoms with Gasteiger partial charge in [-0.25, -0.2) is 4.79 Å². The molecule has 3 aliphatic carbocycles. The summed E-state index contributed by atoms with van der Waals surface area (Å²) in [6, 6.07) is 1.70. The van der Waals surface area contributed by atoms with Gasteiger partial charge in [-0.1, -0.05) is 20.8 Å². The molecule has 0 bridgehead atoms. The molecule has 6 N–H and O–H groups in total. The summed E-state index contributed by atoms with van der Waals surface area (Å²) in [5.41, 5.74) is 2.49. The van der Waals surface area contributed by atoms with Gasteiger partial charge in [-0.2, -0.15) is 0 Å². The van der Waals surface area contributed by atoms with Gasteiger partial charge in [0.25, 0.3) is 5.91 Å². The highest BCUT2D eigenvalue weighted by Crippen LogP contribution is 2.67. The third kappa shape index (κ3) is 4.22. The Morgan fingerprint density at radius 3 is 2.36 bits per heavy atom. The average Bonchev–Trinajstić information content (AvgIpc) is 2.89. The number of Topliss-reactive ketones (excluding diaryl/α,β-unsaturated/α-hetero) is 2. The molecule has 2 amide bonds. The van der Waals surface area contributed by atoms with Crippen LogP contribution in [0, 0.1) is 22.2 Å². The highest BCUT2D eigenvalue weighted by Gasteiger charge is 2.69. The lowest BCUT2D eigenvalue weighted by molar-refractivity contribution is -0.151. The number of aliphatic hydroxyl groups excluding tert-OH is 2. The van der Waals surface area contributed by atoms with Gasteiger partial charge >= 0.3 is 6.09 Å². The number of allylic oxidation sites excluding steroid dienone is 2. The van der Waals surface area contributed by atoms with E-state index in [1.54, 1.807) is 38.9 Å². The minimum absolute atomic E-state index is 0.0176. The van der Waals surface area contributed by atoms with Gasteiger partial charge < -0.3 is 40.7 Å². The number of hydrogen-bond acceptors (Lipinski definition) is 10. The number of alkyl carbamates (subject to hydrolysis) is 1. The number of rotatable bonds is 7. The molecule has 0 aliphatic heterocycles. The summed E-state index contributed by atoms with van der Waals surface area (Å²) in [5.74, 6) is -4.76. The van der Waals surface area contributed by atoms with Gasteiger partial charge in [-0.15, -0.1) is 0 Å². The fourth-order valence-corrected chi connectivity index (χ4v) is 7.15. The van der Waals surface area contributed by atoms with Gasteiger partial charge in [0.05, 0.1) is 17.6 Å². The molecule has 12 heteroatoms. The average molecular weight is 586 g/mol. The van der Waals surface area contributed by atoms with Crippen molar-refractivity contribution in [1.29, 1.82) is 0 Å². The molecule has 0 heterocycles. The van der Waals surface area contributed by atoms with E-state index in [0.29, 0.717) is 11.3 Å². The van der Waals surface area contributed by atoms with E-state index in [-0.39, 0.29) is 55.0 Å². The maximum absolute atomic E-state index is 14.5. The number of amides is 2. The summed E-state index contributed by atoms with van der Waals surface area (Å²) in [4.78, 5) is 53.9. The normalized spacial score (nSPS) is 28.6. The van der Waals surface area contributed by atoms with E-state index in [1.165, 1.54) is 14.0 Å². The minimum Gasteiger partial charge on any atom is -0.510 e. The molecule has 42 heavy (non-hydrogen) atoms. The molecular formula is C30H39N3O9. The van der Waals surface area contributed by atoms with E-state index in [4.69, 9.17) is 15.2 Å². The van der Waals surface area contributed by atoms with Crippen LogP contribution in [0.15, 0.2) is 23.0 Å². The van der Waals surface area contributed by atoms with E-state index in [0.717, 1.165) is 0 Å². The number of benzene rings is 1. The fraction of sp³-hybridized carbons (Fsp3) is 0.533. The zero-order valence-corrected chi connectivity index (χ0v) is 25.0. The van der Waals surface area contributed by atoms with Crippen LogP contribution in [0.2, 0.25) is 0 Å². The zero-order chi connectivity index (χ0) is 31.5. The predicted octanol–water partition coefficient (Wildman–Crippen LogP) is 2.66. The lowest BCUT2D eigenvalue weighted by Crippen LogP contribution is -2.62.